The summed E-state index contributed by atoms with van der Waals surface area (Å²) < 4.78 is 0. The summed E-state index contributed by atoms with van der Waals surface area (Å²) >= 11 is 1.73. The van der Waals surface area contributed by atoms with Crippen molar-refractivity contribution in [2.75, 3.05) is 23.7 Å². The normalized spacial score (nSPS) is 21.9. The number of hydrogen-bond donors (Lipinski definition) is 2. The lowest BCUT2D eigenvalue weighted by Gasteiger charge is -2.17. The van der Waals surface area contributed by atoms with Crippen LogP contribution >= 0.6 is 11.3 Å². The quantitative estimate of drug-likeness (QED) is 0.865. The first-order valence-corrected chi connectivity index (χ1v) is 8.75. The number of aryl methyl sites for hydroxylation is 1. The van der Waals surface area contributed by atoms with Crippen molar-refractivity contribution in [2.24, 2.45) is 11.8 Å². The number of nitrogens with one attached hydrogen (secondary N) is 2. The SMILES string of the molecule is CCNc1nc(NCC2CCCC2C)c2cc(C)sc2n1. The van der Waals surface area contributed by atoms with E-state index in [4.69, 9.17) is 0 Å². The van der Waals surface area contributed by atoms with Crippen molar-refractivity contribution in [3.05, 3.63) is 10.9 Å². The molecule has 0 amide bonds. The molecule has 2 heterocycles. The van der Waals surface area contributed by atoms with Crippen LogP contribution in [0.4, 0.5) is 11.8 Å². The van der Waals surface area contributed by atoms with Crippen molar-refractivity contribution >= 4 is 33.3 Å². The molecule has 2 aromatic heterocycles. The highest BCUT2D eigenvalue weighted by atomic mass is 32.1. The Morgan fingerprint density at radius 1 is 1.29 bits per heavy atom. The molecule has 1 saturated carbocycles. The summed E-state index contributed by atoms with van der Waals surface area (Å²) in [6.07, 6.45) is 4.07. The molecule has 1 aliphatic carbocycles. The minimum Gasteiger partial charge on any atom is -0.369 e. The van der Waals surface area contributed by atoms with Gasteiger partial charge in [-0.1, -0.05) is 19.8 Å². The van der Waals surface area contributed by atoms with Crippen molar-refractivity contribution in [2.45, 2.75) is 40.0 Å². The van der Waals surface area contributed by atoms with E-state index in [-0.39, 0.29) is 0 Å². The Labute approximate surface area is 130 Å². The standard InChI is InChI=1S/C16H24N4S/c1-4-17-16-19-14(13-8-11(3)21-15(13)20-16)18-9-12-7-5-6-10(12)2/h8,10,12H,4-7,9H2,1-3H3,(H2,17,18,19,20). The number of aromatic nitrogens is 2. The van der Waals surface area contributed by atoms with Gasteiger partial charge in [-0.2, -0.15) is 4.98 Å². The molecule has 21 heavy (non-hydrogen) atoms. The first-order chi connectivity index (χ1) is 10.2. The van der Waals surface area contributed by atoms with Crippen molar-refractivity contribution in [3.8, 4) is 0 Å². The fourth-order valence-corrected chi connectivity index (χ4v) is 4.05. The number of anilines is 2. The van der Waals surface area contributed by atoms with E-state index in [1.54, 1.807) is 11.3 Å². The van der Waals surface area contributed by atoms with Crippen LogP contribution in [-0.2, 0) is 0 Å². The zero-order valence-corrected chi connectivity index (χ0v) is 13.9. The van der Waals surface area contributed by atoms with E-state index in [0.717, 1.165) is 46.9 Å². The number of thiophene rings is 1. The van der Waals surface area contributed by atoms with Gasteiger partial charge in [0.2, 0.25) is 5.95 Å². The zero-order valence-electron chi connectivity index (χ0n) is 13.1. The Kier molecular flexibility index (Phi) is 4.29. The summed E-state index contributed by atoms with van der Waals surface area (Å²) in [5, 5.41) is 7.98. The summed E-state index contributed by atoms with van der Waals surface area (Å²) in [5.41, 5.74) is 0. The van der Waals surface area contributed by atoms with Gasteiger partial charge < -0.3 is 10.6 Å². The number of rotatable bonds is 5. The van der Waals surface area contributed by atoms with Gasteiger partial charge in [0.05, 0.1) is 5.39 Å². The maximum Gasteiger partial charge on any atom is 0.226 e. The molecule has 1 fully saturated rings. The van der Waals surface area contributed by atoms with Gasteiger partial charge in [-0.3, -0.25) is 0 Å². The van der Waals surface area contributed by atoms with E-state index in [0.29, 0.717) is 0 Å². The average Bonchev–Trinajstić information content (AvgIpc) is 3.01. The van der Waals surface area contributed by atoms with Gasteiger partial charge in [0.25, 0.3) is 0 Å². The fourth-order valence-electron chi connectivity index (χ4n) is 3.17. The van der Waals surface area contributed by atoms with Crippen LogP contribution < -0.4 is 10.6 Å². The predicted octanol–water partition coefficient (Wildman–Crippen LogP) is 4.28. The summed E-state index contributed by atoms with van der Waals surface area (Å²) in [6.45, 7) is 8.43. The van der Waals surface area contributed by atoms with Gasteiger partial charge in [0, 0.05) is 18.0 Å². The van der Waals surface area contributed by atoms with Crippen molar-refractivity contribution < 1.29 is 0 Å². The van der Waals surface area contributed by atoms with E-state index in [9.17, 15) is 0 Å². The average molecular weight is 304 g/mol. The third-order valence-corrected chi connectivity index (χ3v) is 5.37. The lowest BCUT2D eigenvalue weighted by atomic mass is 9.98. The largest absolute Gasteiger partial charge is 0.369 e. The maximum atomic E-state index is 4.66. The molecule has 0 aliphatic heterocycles. The minimum absolute atomic E-state index is 0.730. The van der Waals surface area contributed by atoms with Crippen molar-refractivity contribution in [1.29, 1.82) is 0 Å². The van der Waals surface area contributed by atoms with E-state index < -0.39 is 0 Å². The van der Waals surface area contributed by atoms with Crippen LogP contribution in [0.5, 0.6) is 0 Å². The molecule has 0 aromatic carbocycles. The molecule has 4 nitrogen and oxygen atoms in total. The minimum atomic E-state index is 0.730. The molecule has 0 radical (unpaired) electrons. The number of fused-ring (bicyclic) bond motifs is 1. The second-order valence-electron chi connectivity index (χ2n) is 6.05. The lowest BCUT2D eigenvalue weighted by molar-refractivity contribution is 0.439. The molecule has 0 saturated heterocycles. The van der Waals surface area contributed by atoms with Gasteiger partial charge in [0.1, 0.15) is 10.6 Å². The van der Waals surface area contributed by atoms with Crippen LogP contribution in [0.1, 0.15) is 38.0 Å². The highest BCUT2D eigenvalue weighted by Crippen LogP contribution is 2.33. The summed E-state index contributed by atoms with van der Waals surface area (Å²) in [5.74, 6) is 3.32. The number of hydrogen-bond acceptors (Lipinski definition) is 5. The van der Waals surface area contributed by atoms with Crippen molar-refractivity contribution in [3.63, 3.8) is 0 Å². The topological polar surface area (TPSA) is 49.8 Å². The van der Waals surface area contributed by atoms with Crippen LogP contribution in [0, 0.1) is 18.8 Å². The second kappa shape index (κ2) is 6.18. The highest BCUT2D eigenvalue weighted by molar-refractivity contribution is 7.18. The van der Waals surface area contributed by atoms with Crippen LogP contribution in [0.15, 0.2) is 6.07 Å². The summed E-state index contributed by atoms with van der Waals surface area (Å²) in [6, 6.07) is 2.19. The van der Waals surface area contributed by atoms with Gasteiger partial charge in [-0.05, 0) is 38.2 Å². The van der Waals surface area contributed by atoms with Crippen LogP contribution in [0.3, 0.4) is 0 Å². The van der Waals surface area contributed by atoms with E-state index in [2.05, 4.69) is 47.4 Å². The molecule has 2 atom stereocenters. The first kappa shape index (κ1) is 14.6. The number of nitrogens with zero attached hydrogens (tertiary/aromatic N) is 2. The third-order valence-electron chi connectivity index (χ3n) is 4.42. The molecule has 114 valence electrons. The molecular weight excluding hydrogens is 280 g/mol. The van der Waals surface area contributed by atoms with Gasteiger partial charge >= 0.3 is 0 Å². The van der Waals surface area contributed by atoms with Gasteiger partial charge in [0.15, 0.2) is 0 Å². The molecule has 5 heteroatoms. The summed E-state index contributed by atoms with van der Waals surface area (Å²) in [7, 11) is 0. The lowest BCUT2D eigenvalue weighted by Crippen LogP contribution is -2.17. The smallest absolute Gasteiger partial charge is 0.226 e. The molecule has 1 aliphatic rings. The Morgan fingerprint density at radius 3 is 2.86 bits per heavy atom. The Bertz CT molecular complexity index is 622. The molecule has 2 N–H and O–H groups in total. The van der Waals surface area contributed by atoms with Crippen molar-refractivity contribution in [1.82, 2.24) is 9.97 Å². The Balaban J connectivity index is 1.84. The molecular formula is C16H24N4S. The monoisotopic (exact) mass is 304 g/mol. The second-order valence-corrected chi connectivity index (χ2v) is 7.29. The predicted molar refractivity (Wildman–Crippen MR) is 91.3 cm³/mol. The highest BCUT2D eigenvalue weighted by Gasteiger charge is 2.23. The summed E-state index contributed by atoms with van der Waals surface area (Å²) in [4.78, 5) is 11.6. The Hall–Kier alpha value is -1.36. The molecule has 3 rings (SSSR count). The van der Waals surface area contributed by atoms with E-state index >= 15 is 0 Å². The van der Waals surface area contributed by atoms with Gasteiger partial charge in [-0.25, -0.2) is 4.98 Å². The van der Waals surface area contributed by atoms with E-state index in [1.807, 2.05) is 0 Å². The van der Waals surface area contributed by atoms with Crippen LogP contribution in [0.25, 0.3) is 10.2 Å². The molecule has 0 bridgehead atoms. The molecule has 2 aromatic rings. The Morgan fingerprint density at radius 2 is 2.14 bits per heavy atom. The third kappa shape index (κ3) is 3.12. The fraction of sp³-hybridized carbons (Fsp3) is 0.625. The molecule has 0 spiro atoms. The van der Waals surface area contributed by atoms with Gasteiger partial charge in [-0.15, -0.1) is 11.3 Å². The first-order valence-electron chi connectivity index (χ1n) is 7.93. The zero-order chi connectivity index (χ0) is 14.8. The maximum absolute atomic E-state index is 4.66. The van der Waals surface area contributed by atoms with Crippen LogP contribution in [-0.4, -0.2) is 23.1 Å². The van der Waals surface area contributed by atoms with Crippen LogP contribution in [0.2, 0.25) is 0 Å². The molecule has 2 unspecified atom stereocenters. The van der Waals surface area contributed by atoms with E-state index in [1.165, 1.54) is 24.1 Å².